The van der Waals surface area contributed by atoms with Gasteiger partial charge in [0.1, 0.15) is 60.4 Å². The second-order valence-electron chi connectivity index (χ2n) is 25.0. The number of aliphatic carboxylic acids is 5. The summed E-state index contributed by atoms with van der Waals surface area (Å²) in [5.41, 5.74) is 16.4. The third kappa shape index (κ3) is 39.1. The molecule has 0 aliphatic heterocycles. The van der Waals surface area contributed by atoms with E-state index in [1.807, 2.05) is 10.6 Å². The second-order valence-corrected chi connectivity index (χ2v) is 25.0. The number of carbonyl (C=O) groups excluding carboxylic acids is 15. The molecule has 0 aromatic heterocycles. The number of amides is 15. The van der Waals surface area contributed by atoms with Gasteiger partial charge in [-0.25, -0.2) is 4.79 Å². The van der Waals surface area contributed by atoms with Crippen LogP contribution in [-0.4, -0.2) is 267 Å². The van der Waals surface area contributed by atoms with Crippen LogP contribution in [-0.2, 0) is 102 Å². The van der Waals surface area contributed by atoms with E-state index in [-0.39, 0.29) is 44.1 Å². The third-order valence-corrected chi connectivity index (χ3v) is 14.8. The molecular formula is C63H97N19O26. The van der Waals surface area contributed by atoms with Crippen molar-refractivity contribution < 1.29 is 127 Å². The second kappa shape index (κ2) is 48.8. The van der Waals surface area contributed by atoms with Crippen molar-refractivity contribution in [2.24, 2.45) is 34.0 Å². The fourth-order valence-electron chi connectivity index (χ4n) is 9.22. The lowest BCUT2D eigenvalue weighted by Crippen LogP contribution is -2.59. The maximum Gasteiger partial charge on any atom is 0.326 e. The molecule has 600 valence electrons. The zero-order chi connectivity index (χ0) is 82.1. The predicted octanol–water partition coefficient (Wildman–Crippen LogP) is -10.5. The fourth-order valence-corrected chi connectivity index (χ4v) is 9.22. The number of hydrogen-bond acceptors (Lipinski definition) is 23. The van der Waals surface area contributed by atoms with E-state index in [2.05, 4.69) is 74.1 Å². The molecular weight excluding hydrogens is 1440 g/mol. The van der Waals surface area contributed by atoms with E-state index >= 15 is 0 Å². The van der Waals surface area contributed by atoms with Gasteiger partial charge in [-0.15, -0.1) is 0 Å². The van der Waals surface area contributed by atoms with E-state index in [1.165, 1.54) is 19.1 Å². The Morgan fingerprint density at radius 2 is 0.796 bits per heavy atom. The van der Waals surface area contributed by atoms with Gasteiger partial charge >= 0.3 is 29.8 Å². The van der Waals surface area contributed by atoms with Crippen LogP contribution < -0.4 is 97.0 Å². The lowest BCUT2D eigenvalue weighted by atomic mass is 10.0. The SMILES string of the molecule is CC(C)C[C@H](NC(=O)[C@H](Cc1ccccc1)NC(=O)[C@H](CC(=O)O)NC(=O)CNC(=O)[C@H](CCC(=O)O)NC(=O)CNC(=O)[C@H](CO)NC(=O)[C@H](CC(=O)O)NC(=O)[C@H](C)N)C(=O)N[C@@H](C)C(=O)N[C@@H](CCC(=O)O)C(=O)NCC(=O)NCC(=O)NCC(=O)N[C@H](C(=O)N[C@@H](CCCN=C(N)N)C(=O)O)C(C)C. The van der Waals surface area contributed by atoms with Gasteiger partial charge in [0.05, 0.1) is 58.2 Å². The molecule has 0 heterocycles. The van der Waals surface area contributed by atoms with Crippen molar-refractivity contribution in [1.82, 2.24) is 79.8 Å². The normalized spacial score (nSPS) is 13.8. The number of aliphatic imine (C=N–C) groups is 1. The average Bonchev–Trinajstić information content (AvgIpc) is 0.871. The Kier molecular flexibility index (Phi) is 42.4. The van der Waals surface area contributed by atoms with Crippen molar-refractivity contribution in [2.45, 2.75) is 172 Å². The van der Waals surface area contributed by atoms with Gasteiger partial charge in [0.25, 0.3) is 0 Å². The first-order valence-electron chi connectivity index (χ1n) is 33.5. The molecule has 27 N–H and O–H groups in total. The molecule has 0 saturated carbocycles. The lowest BCUT2D eigenvalue weighted by Gasteiger charge is -2.27. The van der Waals surface area contributed by atoms with Crippen molar-refractivity contribution in [3.05, 3.63) is 35.9 Å². The quantitative estimate of drug-likeness (QED) is 0.0164. The number of rotatable bonds is 51. The zero-order valence-corrected chi connectivity index (χ0v) is 59.9. The molecule has 45 heteroatoms. The third-order valence-electron chi connectivity index (χ3n) is 14.8. The van der Waals surface area contributed by atoms with Crippen molar-refractivity contribution in [3.8, 4) is 0 Å². The highest BCUT2D eigenvalue weighted by Gasteiger charge is 2.36. The van der Waals surface area contributed by atoms with Gasteiger partial charge in [-0.3, -0.25) is 96.1 Å². The summed E-state index contributed by atoms with van der Waals surface area (Å²) in [6, 6.07) is -9.82. The smallest absolute Gasteiger partial charge is 0.326 e. The molecule has 45 nitrogen and oxygen atoms in total. The molecule has 15 amide bonds. The first-order valence-corrected chi connectivity index (χ1v) is 33.5. The van der Waals surface area contributed by atoms with Gasteiger partial charge in [0, 0.05) is 25.8 Å². The Morgan fingerprint density at radius 3 is 1.26 bits per heavy atom. The minimum atomic E-state index is -2.02. The number of hydrogen-bond donors (Lipinski definition) is 24. The number of aliphatic hydroxyl groups is 1. The topological polar surface area (TPSA) is 734 Å². The molecule has 0 aliphatic carbocycles. The molecule has 0 aliphatic rings. The number of aliphatic hydroxyl groups excluding tert-OH is 1. The maximum atomic E-state index is 14.3. The molecule has 108 heavy (non-hydrogen) atoms. The van der Waals surface area contributed by atoms with Crippen LogP contribution in [0.3, 0.4) is 0 Å². The van der Waals surface area contributed by atoms with E-state index in [0.717, 1.165) is 6.92 Å². The molecule has 0 spiro atoms. The molecule has 0 radical (unpaired) electrons. The summed E-state index contributed by atoms with van der Waals surface area (Å²) in [6.45, 7) is 3.35. The predicted molar refractivity (Wildman–Crippen MR) is 371 cm³/mol. The minimum absolute atomic E-state index is 0.0559. The molecule has 1 aromatic rings. The Morgan fingerprint density at radius 1 is 0.398 bits per heavy atom. The minimum Gasteiger partial charge on any atom is -0.481 e. The number of guanidine groups is 1. The van der Waals surface area contributed by atoms with Gasteiger partial charge in [-0.05, 0) is 63.4 Å². The number of nitrogens with two attached hydrogens (primary N) is 3. The van der Waals surface area contributed by atoms with Crippen LogP contribution in [0, 0.1) is 11.8 Å². The first kappa shape index (κ1) is 93.8. The van der Waals surface area contributed by atoms with Crippen LogP contribution >= 0.6 is 0 Å². The Bertz CT molecular complexity index is 3410. The molecule has 1 aromatic carbocycles. The molecule has 0 saturated heterocycles. The lowest BCUT2D eigenvalue weighted by molar-refractivity contribution is -0.143. The summed E-state index contributed by atoms with van der Waals surface area (Å²) in [5, 5.41) is 90.4. The molecule has 0 bridgehead atoms. The summed E-state index contributed by atoms with van der Waals surface area (Å²) in [7, 11) is 0. The van der Waals surface area contributed by atoms with Crippen LogP contribution in [0.1, 0.15) is 105 Å². The van der Waals surface area contributed by atoms with Gasteiger partial charge < -0.3 is 128 Å². The van der Waals surface area contributed by atoms with E-state index in [4.69, 9.17) is 17.2 Å². The highest BCUT2D eigenvalue weighted by Crippen LogP contribution is 2.11. The summed E-state index contributed by atoms with van der Waals surface area (Å²) in [5.74, 6) is -24.9. The summed E-state index contributed by atoms with van der Waals surface area (Å²) < 4.78 is 0. The Hall–Kier alpha value is -12.2. The summed E-state index contributed by atoms with van der Waals surface area (Å²) in [6.07, 6.45) is -5.18. The van der Waals surface area contributed by atoms with Gasteiger partial charge in [0.2, 0.25) is 88.6 Å². The number of nitrogens with one attached hydrogen (secondary N) is 15. The van der Waals surface area contributed by atoms with Gasteiger partial charge in [0.15, 0.2) is 5.96 Å². The number of carboxylic acid groups (broad SMARTS) is 5. The standard InChI is InChI=1S/C63H97N19O26/c1-29(2)19-37(57(102)73-32(6)53(98)76-35(15-17-48(91)92)55(100)70-24-43(85)68-23-42(84)69-25-46(88)82-51(30(3)4)61(106)77-36(62(107)108)13-10-18-67-63(65)66)79-58(103)38(20-33-11-8-7-9-12-33)80-59(104)39(21-49(93)94)75-45(87)27-71-54(99)34(14-16-47(89)90)74-44(86)26-72-56(101)41(28-83)81-60(105)40(22-50(95)96)78-52(97)31(5)64/h7-9,11-12,29-32,34-41,51,83H,10,13-28,64H2,1-6H3,(H,68,85)(H,69,84)(H,70,100)(H,71,99)(H,72,101)(H,73,102)(H,74,86)(H,75,87)(H,76,98)(H,77,106)(H,78,97)(H,79,103)(H,80,104)(H,81,105)(H,82,88)(H,89,90)(H,91,92)(H,93,94)(H,95,96)(H,107,108)(H4,65,66,67)/t31-,32-,34-,35-,36-,37-,38-,39-,40-,41-,51-/m0/s1. The largest absolute Gasteiger partial charge is 0.481 e. The van der Waals surface area contributed by atoms with E-state index < -0.39 is 269 Å². The number of carbonyl (C=O) groups is 20. The van der Waals surface area contributed by atoms with Crippen LogP contribution in [0.15, 0.2) is 35.3 Å². The maximum absolute atomic E-state index is 14.3. The monoisotopic (exact) mass is 1540 g/mol. The summed E-state index contributed by atoms with van der Waals surface area (Å²) >= 11 is 0. The van der Waals surface area contributed by atoms with E-state index in [9.17, 15) is 127 Å². The average molecular weight is 1540 g/mol. The number of carboxylic acids is 5. The molecule has 1 rings (SSSR count). The Labute approximate surface area is 616 Å². The number of benzene rings is 1. The first-order chi connectivity index (χ1) is 50.5. The molecule has 0 fully saturated rings. The van der Waals surface area contributed by atoms with E-state index in [0.29, 0.717) is 5.56 Å². The van der Waals surface area contributed by atoms with Crippen molar-refractivity contribution in [2.75, 3.05) is 45.9 Å². The number of nitrogens with zero attached hydrogens (tertiary/aromatic N) is 1. The van der Waals surface area contributed by atoms with Gasteiger partial charge in [-0.1, -0.05) is 58.0 Å². The molecule has 11 atom stereocenters. The van der Waals surface area contributed by atoms with Crippen LogP contribution in [0.25, 0.3) is 0 Å². The van der Waals surface area contributed by atoms with Crippen molar-refractivity contribution in [1.29, 1.82) is 0 Å². The highest BCUT2D eigenvalue weighted by molar-refractivity contribution is 6.00. The zero-order valence-electron chi connectivity index (χ0n) is 59.9. The molecule has 0 unspecified atom stereocenters. The Balaban J connectivity index is 3.17. The van der Waals surface area contributed by atoms with Crippen molar-refractivity contribution in [3.63, 3.8) is 0 Å². The highest BCUT2D eigenvalue weighted by atomic mass is 16.4. The van der Waals surface area contributed by atoms with Crippen LogP contribution in [0.4, 0.5) is 0 Å². The van der Waals surface area contributed by atoms with Crippen LogP contribution in [0.2, 0.25) is 0 Å². The van der Waals surface area contributed by atoms with Gasteiger partial charge in [-0.2, -0.15) is 0 Å². The van der Waals surface area contributed by atoms with E-state index in [1.54, 1.807) is 45.9 Å². The van der Waals surface area contributed by atoms with Crippen molar-refractivity contribution >= 4 is 124 Å². The van der Waals surface area contributed by atoms with Crippen LogP contribution in [0.5, 0.6) is 0 Å². The fraction of sp³-hybridized carbons (Fsp3) is 0.571. The summed E-state index contributed by atoms with van der Waals surface area (Å²) in [4.78, 5) is 260.